The fourth-order valence-electron chi connectivity index (χ4n) is 2.90. The molecule has 0 bridgehead atoms. The Morgan fingerprint density at radius 2 is 1.58 bits per heavy atom. The molecule has 3 amide bonds. The van der Waals surface area contributed by atoms with Crippen molar-refractivity contribution in [1.29, 1.82) is 0 Å². The van der Waals surface area contributed by atoms with Gasteiger partial charge in [-0.1, -0.05) is 26.7 Å². The van der Waals surface area contributed by atoms with Crippen molar-refractivity contribution < 1.29 is 14.4 Å². The molecular weight excluding hydrogens is 330 g/mol. The molecule has 2 N–H and O–H groups in total. The van der Waals surface area contributed by atoms with E-state index in [1.807, 2.05) is 4.90 Å². The van der Waals surface area contributed by atoms with E-state index >= 15 is 0 Å². The quantitative estimate of drug-likeness (QED) is 0.794. The van der Waals surface area contributed by atoms with Gasteiger partial charge < -0.3 is 15.5 Å². The zero-order valence-electron chi connectivity index (χ0n) is 15.7. The van der Waals surface area contributed by atoms with Crippen molar-refractivity contribution >= 4 is 23.4 Å². The Labute approximate surface area is 155 Å². The van der Waals surface area contributed by atoms with Crippen molar-refractivity contribution in [2.75, 3.05) is 25.0 Å². The molecule has 0 aliphatic carbocycles. The fraction of sp³-hybridized carbons (Fsp3) is 0.550. The number of anilines is 1. The van der Waals surface area contributed by atoms with Crippen molar-refractivity contribution in [3.8, 4) is 0 Å². The van der Waals surface area contributed by atoms with Crippen LogP contribution < -0.4 is 10.6 Å². The molecular formula is C20H29N3O3. The Kier molecular flexibility index (Phi) is 7.63. The van der Waals surface area contributed by atoms with E-state index in [-0.39, 0.29) is 5.91 Å². The van der Waals surface area contributed by atoms with Gasteiger partial charge in [-0.05, 0) is 49.4 Å². The van der Waals surface area contributed by atoms with Crippen LogP contribution in [0, 0.1) is 5.92 Å². The Balaban J connectivity index is 1.87. The molecule has 0 spiro atoms. The van der Waals surface area contributed by atoms with Crippen LogP contribution in [0.1, 0.15) is 56.3 Å². The van der Waals surface area contributed by atoms with E-state index in [2.05, 4.69) is 24.5 Å². The zero-order chi connectivity index (χ0) is 18.9. The standard InChI is InChI=1S/C20H29N3O3/c1-15(2)11-12-21-18(24)19(25)22-17-9-7-16(8-10-17)20(26)23-13-5-3-4-6-14-23/h7-10,15H,3-6,11-14H2,1-2H3,(H,21,24)(H,22,25). The van der Waals surface area contributed by atoms with Crippen LogP contribution in [0.4, 0.5) is 5.69 Å². The van der Waals surface area contributed by atoms with Gasteiger partial charge in [0.05, 0.1) is 0 Å². The van der Waals surface area contributed by atoms with Crippen molar-refractivity contribution in [3.63, 3.8) is 0 Å². The molecule has 0 atom stereocenters. The number of benzene rings is 1. The van der Waals surface area contributed by atoms with E-state index in [0.29, 0.717) is 23.7 Å². The summed E-state index contributed by atoms with van der Waals surface area (Å²) in [5, 5.41) is 5.16. The van der Waals surface area contributed by atoms with E-state index in [1.54, 1.807) is 24.3 Å². The monoisotopic (exact) mass is 359 g/mol. The highest BCUT2D eigenvalue weighted by atomic mass is 16.2. The number of rotatable bonds is 5. The molecule has 0 saturated carbocycles. The number of hydrogen-bond acceptors (Lipinski definition) is 3. The van der Waals surface area contributed by atoms with Crippen LogP contribution in [-0.4, -0.2) is 42.3 Å². The van der Waals surface area contributed by atoms with Gasteiger partial charge in [0.2, 0.25) is 0 Å². The molecule has 142 valence electrons. The van der Waals surface area contributed by atoms with E-state index in [1.165, 1.54) is 12.8 Å². The second kappa shape index (κ2) is 9.94. The molecule has 1 aromatic rings. The third kappa shape index (κ3) is 6.17. The van der Waals surface area contributed by atoms with Crippen LogP contribution in [-0.2, 0) is 9.59 Å². The van der Waals surface area contributed by atoms with Gasteiger partial charge in [0.1, 0.15) is 0 Å². The normalized spacial score (nSPS) is 14.7. The van der Waals surface area contributed by atoms with Crippen molar-refractivity contribution in [3.05, 3.63) is 29.8 Å². The molecule has 0 radical (unpaired) electrons. The first-order chi connectivity index (χ1) is 12.5. The van der Waals surface area contributed by atoms with Crippen LogP contribution in [0.25, 0.3) is 0 Å². The van der Waals surface area contributed by atoms with Gasteiger partial charge >= 0.3 is 11.8 Å². The minimum atomic E-state index is -0.694. The Morgan fingerprint density at radius 1 is 0.962 bits per heavy atom. The maximum atomic E-state index is 12.5. The van der Waals surface area contributed by atoms with E-state index in [0.717, 1.165) is 32.4 Å². The molecule has 1 fully saturated rings. The minimum absolute atomic E-state index is 0.0243. The highest BCUT2D eigenvalue weighted by molar-refractivity contribution is 6.39. The van der Waals surface area contributed by atoms with Gasteiger partial charge in [-0.25, -0.2) is 0 Å². The molecule has 1 heterocycles. The van der Waals surface area contributed by atoms with Crippen LogP contribution in [0.5, 0.6) is 0 Å². The Hall–Kier alpha value is -2.37. The summed E-state index contributed by atoms with van der Waals surface area (Å²) in [6, 6.07) is 6.70. The average Bonchev–Trinajstić information content (AvgIpc) is 2.90. The lowest BCUT2D eigenvalue weighted by Gasteiger charge is -2.20. The molecule has 1 aliphatic heterocycles. The smallest absolute Gasteiger partial charge is 0.313 e. The number of nitrogens with one attached hydrogen (secondary N) is 2. The highest BCUT2D eigenvalue weighted by Gasteiger charge is 2.18. The SMILES string of the molecule is CC(C)CCNC(=O)C(=O)Nc1ccc(C(=O)N2CCCCCC2)cc1. The number of amides is 3. The van der Waals surface area contributed by atoms with Crippen LogP contribution >= 0.6 is 0 Å². The van der Waals surface area contributed by atoms with Gasteiger partial charge in [0.15, 0.2) is 0 Å². The summed E-state index contributed by atoms with van der Waals surface area (Å²) in [5.74, 6) is -0.848. The zero-order valence-corrected chi connectivity index (χ0v) is 15.7. The number of hydrogen-bond donors (Lipinski definition) is 2. The number of carbonyl (C=O) groups excluding carboxylic acids is 3. The lowest BCUT2D eigenvalue weighted by atomic mass is 10.1. The summed E-state index contributed by atoms with van der Waals surface area (Å²) >= 11 is 0. The second-order valence-corrected chi connectivity index (χ2v) is 7.18. The number of nitrogens with zero attached hydrogens (tertiary/aromatic N) is 1. The maximum Gasteiger partial charge on any atom is 0.313 e. The van der Waals surface area contributed by atoms with Crippen molar-refractivity contribution in [2.45, 2.75) is 46.0 Å². The molecule has 6 nitrogen and oxygen atoms in total. The number of likely N-dealkylation sites (tertiary alicyclic amines) is 1. The van der Waals surface area contributed by atoms with Gasteiger partial charge in [-0.3, -0.25) is 14.4 Å². The third-order valence-electron chi connectivity index (χ3n) is 4.50. The van der Waals surface area contributed by atoms with Crippen LogP contribution in [0.3, 0.4) is 0 Å². The molecule has 6 heteroatoms. The van der Waals surface area contributed by atoms with Crippen LogP contribution in [0.15, 0.2) is 24.3 Å². The van der Waals surface area contributed by atoms with Gasteiger partial charge in [0.25, 0.3) is 5.91 Å². The maximum absolute atomic E-state index is 12.5. The lowest BCUT2D eigenvalue weighted by molar-refractivity contribution is -0.136. The summed E-state index contributed by atoms with van der Waals surface area (Å²) in [6.45, 7) is 6.19. The first kappa shape index (κ1) is 19.9. The molecule has 1 aromatic carbocycles. The first-order valence-corrected chi connectivity index (χ1v) is 9.46. The molecule has 0 unspecified atom stereocenters. The summed E-state index contributed by atoms with van der Waals surface area (Å²) in [4.78, 5) is 38.1. The minimum Gasteiger partial charge on any atom is -0.348 e. The van der Waals surface area contributed by atoms with E-state index in [9.17, 15) is 14.4 Å². The Bertz CT molecular complexity index is 618. The topological polar surface area (TPSA) is 78.5 Å². The van der Waals surface area contributed by atoms with Crippen LogP contribution in [0.2, 0.25) is 0 Å². The summed E-state index contributed by atoms with van der Waals surface area (Å²) in [5.41, 5.74) is 1.10. The summed E-state index contributed by atoms with van der Waals surface area (Å²) in [7, 11) is 0. The largest absolute Gasteiger partial charge is 0.348 e. The second-order valence-electron chi connectivity index (χ2n) is 7.18. The molecule has 1 saturated heterocycles. The summed E-state index contributed by atoms with van der Waals surface area (Å²) < 4.78 is 0. The average molecular weight is 359 g/mol. The third-order valence-corrected chi connectivity index (χ3v) is 4.50. The van der Waals surface area contributed by atoms with Crippen molar-refractivity contribution in [1.82, 2.24) is 10.2 Å². The molecule has 26 heavy (non-hydrogen) atoms. The van der Waals surface area contributed by atoms with E-state index in [4.69, 9.17) is 0 Å². The van der Waals surface area contributed by atoms with Gasteiger partial charge in [-0.2, -0.15) is 0 Å². The predicted molar refractivity (Wildman–Crippen MR) is 102 cm³/mol. The number of carbonyl (C=O) groups is 3. The molecule has 2 rings (SSSR count). The lowest BCUT2D eigenvalue weighted by Crippen LogP contribution is -2.36. The van der Waals surface area contributed by atoms with Crippen molar-refractivity contribution in [2.24, 2.45) is 5.92 Å². The van der Waals surface area contributed by atoms with E-state index < -0.39 is 11.8 Å². The summed E-state index contributed by atoms with van der Waals surface area (Å²) in [6.07, 6.45) is 5.27. The predicted octanol–water partition coefficient (Wildman–Crippen LogP) is 2.80. The molecule has 1 aliphatic rings. The first-order valence-electron chi connectivity index (χ1n) is 9.46. The van der Waals surface area contributed by atoms with Gasteiger partial charge in [-0.15, -0.1) is 0 Å². The highest BCUT2D eigenvalue weighted by Crippen LogP contribution is 2.15. The van der Waals surface area contributed by atoms with Gasteiger partial charge in [0, 0.05) is 30.9 Å². The fourth-order valence-corrected chi connectivity index (χ4v) is 2.90. The molecule has 0 aromatic heterocycles. The Morgan fingerprint density at radius 3 is 2.15 bits per heavy atom.